The van der Waals surface area contributed by atoms with Gasteiger partial charge in [-0.15, -0.1) is 0 Å². The molecule has 0 spiro atoms. The highest BCUT2D eigenvalue weighted by atomic mass is 14.8. The number of likely N-dealkylation sites (N-methyl/N-ethyl adjacent to an activating group) is 1. The summed E-state index contributed by atoms with van der Waals surface area (Å²) >= 11 is 0. The molecular formula is C13H16N2. The molecule has 2 nitrogen and oxygen atoms in total. The Balaban J connectivity index is 2.16. The van der Waals surface area contributed by atoms with Gasteiger partial charge in [0.15, 0.2) is 0 Å². The second-order valence-electron chi connectivity index (χ2n) is 3.60. The molecule has 0 aliphatic rings. The number of rotatable bonds is 4. The van der Waals surface area contributed by atoms with Gasteiger partial charge in [-0.3, -0.25) is 4.98 Å². The van der Waals surface area contributed by atoms with E-state index in [1.807, 2.05) is 12.1 Å². The average Bonchev–Trinajstić information content (AvgIpc) is 2.29. The van der Waals surface area contributed by atoms with E-state index in [9.17, 15) is 0 Å². The Bertz CT molecular complexity index is 437. The lowest BCUT2D eigenvalue weighted by Crippen LogP contribution is -2.16. The van der Waals surface area contributed by atoms with Gasteiger partial charge in [-0.05, 0) is 18.7 Å². The van der Waals surface area contributed by atoms with Crippen LogP contribution in [0.3, 0.4) is 0 Å². The fraction of sp³-hybridized carbons (Fsp3) is 0.308. The molecule has 2 heteroatoms. The standard InChI is InChI=1S/C13H16N2/c1-2-14-10-9-12-8-7-11-5-3-4-6-13(11)15-12/h3-8,14H,2,9-10H2,1H3. The number of pyridine rings is 1. The van der Waals surface area contributed by atoms with Crippen LogP contribution in [-0.4, -0.2) is 18.1 Å². The third kappa shape index (κ3) is 2.54. The number of hydrogen-bond acceptors (Lipinski definition) is 2. The Kier molecular flexibility index (Phi) is 3.30. The first-order chi connectivity index (χ1) is 7.40. The van der Waals surface area contributed by atoms with Crippen molar-refractivity contribution in [3.63, 3.8) is 0 Å². The van der Waals surface area contributed by atoms with Gasteiger partial charge >= 0.3 is 0 Å². The van der Waals surface area contributed by atoms with E-state index >= 15 is 0 Å². The molecule has 1 heterocycles. The maximum Gasteiger partial charge on any atom is 0.0705 e. The van der Waals surface area contributed by atoms with Crippen LogP contribution in [0.5, 0.6) is 0 Å². The van der Waals surface area contributed by atoms with Crippen molar-refractivity contribution in [2.45, 2.75) is 13.3 Å². The molecule has 2 aromatic rings. The lowest BCUT2D eigenvalue weighted by Gasteiger charge is -2.03. The summed E-state index contributed by atoms with van der Waals surface area (Å²) in [5.74, 6) is 0. The molecule has 0 atom stereocenters. The van der Waals surface area contributed by atoms with Crippen LogP contribution in [0.1, 0.15) is 12.6 Å². The van der Waals surface area contributed by atoms with Crippen molar-refractivity contribution in [2.24, 2.45) is 0 Å². The van der Waals surface area contributed by atoms with E-state index in [1.165, 1.54) is 5.39 Å². The minimum Gasteiger partial charge on any atom is -0.317 e. The van der Waals surface area contributed by atoms with Crippen molar-refractivity contribution in [3.8, 4) is 0 Å². The first kappa shape index (κ1) is 10.1. The summed E-state index contributed by atoms with van der Waals surface area (Å²) in [6.45, 7) is 4.14. The number of aromatic nitrogens is 1. The minimum absolute atomic E-state index is 0.999. The molecule has 1 aromatic carbocycles. The third-order valence-corrected chi connectivity index (χ3v) is 2.46. The molecule has 0 bridgehead atoms. The predicted octanol–water partition coefficient (Wildman–Crippen LogP) is 2.39. The first-order valence-electron chi connectivity index (χ1n) is 5.45. The van der Waals surface area contributed by atoms with Gasteiger partial charge < -0.3 is 5.32 Å². The number of nitrogens with zero attached hydrogens (tertiary/aromatic N) is 1. The Morgan fingerprint density at radius 3 is 2.87 bits per heavy atom. The van der Waals surface area contributed by atoms with Gasteiger partial charge in [-0.25, -0.2) is 0 Å². The number of nitrogens with one attached hydrogen (secondary N) is 1. The number of hydrogen-bond donors (Lipinski definition) is 1. The van der Waals surface area contributed by atoms with Crippen LogP contribution >= 0.6 is 0 Å². The van der Waals surface area contributed by atoms with E-state index in [1.54, 1.807) is 0 Å². The highest BCUT2D eigenvalue weighted by Gasteiger charge is 1.96. The lowest BCUT2D eigenvalue weighted by atomic mass is 10.2. The van der Waals surface area contributed by atoms with Crippen LogP contribution < -0.4 is 5.32 Å². The third-order valence-electron chi connectivity index (χ3n) is 2.46. The van der Waals surface area contributed by atoms with Gasteiger partial charge in [-0.2, -0.15) is 0 Å². The minimum atomic E-state index is 0.999. The van der Waals surface area contributed by atoms with E-state index in [2.05, 4.69) is 41.5 Å². The quantitative estimate of drug-likeness (QED) is 0.766. The van der Waals surface area contributed by atoms with Crippen molar-refractivity contribution in [2.75, 3.05) is 13.1 Å². The van der Waals surface area contributed by atoms with E-state index < -0.39 is 0 Å². The maximum atomic E-state index is 4.61. The molecule has 0 aliphatic heterocycles. The summed E-state index contributed by atoms with van der Waals surface area (Å²) in [7, 11) is 0. The highest BCUT2D eigenvalue weighted by Crippen LogP contribution is 2.11. The SMILES string of the molecule is CCNCCc1ccc2ccccc2n1. The molecule has 2 rings (SSSR count). The van der Waals surface area contributed by atoms with Crippen molar-refractivity contribution in [1.29, 1.82) is 0 Å². The van der Waals surface area contributed by atoms with Crippen LogP contribution in [0, 0.1) is 0 Å². The van der Waals surface area contributed by atoms with Crippen molar-refractivity contribution >= 4 is 10.9 Å². The second kappa shape index (κ2) is 4.89. The van der Waals surface area contributed by atoms with Crippen molar-refractivity contribution < 1.29 is 0 Å². The monoisotopic (exact) mass is 200 g/mol. The Labute approximate surface area is 90.3 Å². The number of para-hydroxylation sites is 1. The summed E-state index contributed by atoms with van der Waals surface area (Å²) in [6.07, 6.45) is 0.999. The summed E-state index contributed by atoms with van der Waals surface area (Å²) in [5, 5.41) is 4.52. The van der Waals surface area contributed by atoms with Crippen LogP contribution in [0.4, 0.5) is 0 Å². The summed E-state index contributed by atoms with van der Waals surface area (Å²) in [6, 6.07) is 12.5. The van der Waals surface area contributed by atoms with Gasteiger partial charge in [0.25, 0.3) is 0 Å². The van der Waals surface area contributed by atoms with E-state index in [0.29, 0.717) is 0 Å². The largest absolute Gasteiger partial charge is 0.317 e. The van der Waals surface area contributed by atoms with E-state index in [4.69, 9.17) is 0 Å². The molecule has 0 saturated carbocycles. The zero-order chi connectivity index (χ0) is 10.5. The fourth-order valence-electron chi connectivity index (χ4n) is 1.64. The Hall–Kier alpha value is -1.41. The Morgan fingerprint density at radius 1 is 1.13 bits per heavy atom. The fourth-order valence-corrected chi connectivity index (χ4v) is 1.64. The van der Waals surface area contributed by atoms with Gasteiger partial charge in [0.1, 0.15) is 0 Å². The normalized spacial score (nSPS) is 10.7. The molecule has 15 heavy (non-hydrogen) atoms. The van der Waals surface area contributed by atoms with Crippen LogP contribution in [0.25, 0.3) is 10.9 Å². The van der Waals surface area contributed by atoms with Gasteiger partial charge in [0.2, 0.25) is 0 Å². The molecule has 0 radical (unpaired) electrons. The molecule has 0 amide bonds. The van der Waals surface area contributed by atoms with Crippen LogP contribution in [0.15, 0.2) is 36.4 Å². The second-order valence-corrected chi connectivity index (χ2v) is 3.60. The molecule has 0 aliphatic carbocycles. The van der Waals surface area contributed by atoms with E-state index in [-0.39, 0.29) is 0 Å². The summed E-state index contributed by atoms with van der Waals surface area (Å²) in [5.41, 5.74) is 2.25. The van der Waals surface area contributed by atoms with Gasteiger partial charge in [-0.1, -0.05) is 31.2 Å². The van der Waals surface area contributed by atoms with Crippen molar-refractivity contribution in [3.05, 3.63) is 42.1 Å². The zero-order valence-electron chi connectivity index (χ0n) is 9.03. The molecule has 78 valence electrons. The number of benzene rings is 1. The molecule has 1 N–H and O–H groups in total. The van der Waals surface area contributed by atoms with Gasteiger partial charge in [0.05, 0.1) is 5.52 Å². The first-order valence-corrected chi connectivity index (χ1v) is 5.45. The maximum absolute atomic E-state index is 4.61. The molecule has 0 saturated heterocycles. The lowest BCUT2D eigenvalue weighted by molar-refractivity contribution is 0.709. The highest BCUT2D eigenvalue weighted by molar-refractivity contribution is 5.78. The van der Waals surface area contributed by atoms with Crippen LogP contribution in [0.2, 0.25) is 0 Å². The molecule has 0 fully saturated rings. The molecule has 0 unspecified atom stereocenters. The number of fused-ring (bicyclic) bond motifs is 1. The smallest absolute Gasteiger partial charge is 0.0705 e. The van der Waals surface area contributed by atoms with Crippen LogP contribution in [-0.2, 0) is 6.42 Å². The molecular weight excluding hydrogens is 184 g/mol. The van der Waals surface area contributed by atoms with Gasteiger partial charge in [0, 0.05) is 24.0 Å². The summed E-state index contributed by atoms with van der Waals surface area (Å²) < 4.78 is 0. The summed E-state index contributed by atoms with van der Waals surface area (Å²) in [4.78, 5) is 4.61. The average molecular weight is 200 g/mol. The zero-order valence-corrected chi connectivity index (χ0v) is 9.03. The predicted molar refractivity (Wildman–Crippen MR) is 64.0 cm³/mol. The topological polar surface area (TPSA) is 24.9 Å². The Morgan fingerprint density at radius 2 is 2.00 bits per heavy atom. The molecule has 1 aromatic heterocycles. The van der Waals surface area contributed by atoms with Crippen molar-refractivity contribution in [1.82, 2.24) is 10.3 Å². The van der Waals surface area contributed by atoms with E-state index in [0.717, 1.165) is 30.7 Å².